The van der Waals surface area contributed by atoms with Crippen molar-refractivity contribution in [2.24, 2.45) is 0 Å². The highest BCUT2D eigenvalue weighted by molar-refractivity contribution is 5.89. The van der Waals surface area contributed by atoms with Gasteiger partial charge in [-0.2, -0.15) is 0 Å². The number of nitrogens with one attached hydrogen (secondary N) is 2. The highest BCUT2D eigenvalue weighted by Crippen LogP contribution is 2.18. The van der Waals surface area contributed by atoms with Crippen LogP contribution in [0.2, 0.25) is 0 Å². The van der Waals surface area contributed by atoms with E-state index in [0.717, 1.165) is 0 Å². The summed E-state index contributed by atoms with van der Waals surface area (Å²) in [6.07, 6.45) is 0.399. The monoisotopic (exact) mass is 326 g/mol. The fourth-order valence-electron chi connectivity index (χ4n) is 2.04. The van der Waals surface area contributed by atoms with Crippen molar-refractivity contribution < 1.29 is 13.6 Å². The van der Waals surface area contributed by atoms with E-state index in [1.54, 1.807) is 24.3 Å². The van der Waals surface area contributed by atoms with Gasteiger partial charge in [-0.05, 0) is 36.4 Å². The van der Waals surface area contributed by atoms with Crippen molar-refractivity contribution in [3.8, 4) is 11.5 Å². The number of anilines is 1. The van der Waals surface area contributed by atoms with Gasteiger partial charge in [0, 0.05) is 24.2 Å². The maximum Gasteiger partial charge on any atom is 0.319 e. The minimum atomic E-state index is -0.327. The Labute approximate surface area is 137 Å². The molecule has 0 aliphatic heterocycles. The Morgan fingerprint density at radius 2 is 1.79 bits per heavy atom. The Bertz CT molecular complexity index is 803. The summed E-state index contributed by atoms with van der Waals surface area (Å²) in [5.41, 5.74) is 1.36. The topological polar surface area (TPSA) is 80.1 Å². The van der Waals surface area contributed by atoms with Crippen LogP contribution in [0.25, 0.3) is 11.5 Å². The predicted octanol–water partition coefficient (Wildman–Crippen LogP) is 3.24. The van der Waals surface area contributed by atoms with E-state index in [1.807, 2.05) is 18.2 Å². The standard InChI is InChI=1S/C17H15FN4O2/c18-13-8-6-12(7-9-13)16-22-21-15(24-16)10-11-19-17(23)20-14-4-2-1-3-5-14/h1-9H,10-11H2,(H2,19,20,23). The first-order chi connectivity index (χ1) is 11.7. The number of carbonyl (C=O) groups excluding carboxylic acids is 1. The van der Waals surface area contributed by atoms with Gasteiger partial charge in [-0.1, -0.05) is 18.2 Å². The predicted molar refractivity (Wildman–Crippen MR) is 86.9 cm³/mol. The zero-order valence-electron chi connectivity index (χ0n) is 12.7. The lowest BCUT2D eigenvalue weighted by Crippen LogP contribution is -2.30. The maximum atomic E-state index is 12.9. The molecule has 0 aliphatic carbocycles. The van der Waals surface area contributed by atoms with E-state index < -0.39 is 0 Å². The number of carbonyl (C=O) groups is 1. The molecule has 0 aliphatic rings. The van der Waals surface area contributed by atoms with Crippen LogP contribution in [0.5, 0.6) is 0 Å². The molecule has 0 atom stereocenters. The van der Waals surface area contributed by atoms with Crippen molar-refractivity contribution >= 4 is 11.7 Å². The number of benzene rings is 2. The molecule has 0 radical (unpaired) electrons. The molecule has 0 unspecified atom stereocenters. The number of nitrogens with zero attached hydrogens (tertiary/aromatic N) is 2. The average molecular weight is 326 g/mol. The highest BCUT2D eigenvalue weighted by Gasteiger charge is 2.09. The first-order valence-electron chi connectivity index (χ1n) is 7.39. The zero-order chi connectivity index (χ0) is 16.8. The molecule has 7 heteroatoms. The number of hydrogen-bond donors (Lipinski definition) is 2. The highest BCUT2D eigenvalue weighted by atomic mass is 19.1. The Balaban J connectivity index is 1.49. The molecule has 2 amide bonds. The Morgan fingerprint density at radius 1 is 1.04 bits per heavy atom. The molecule has 24 heavy (non-hydrogen) atoms. The lowest BCUT2D eigenvalue weighted by molar-refractivity contribution is 0.252. The summed E-state index contributed by atoms with van der Waals surface area (Å²) in [4.78, 5) is 11.7. The van der Waals surface area contributed by atoms with Crippen LogP contribution in [-0.2, 0) is 6.42 Å². The number of rotatable bonds is 5. The summed E-state index contributed by atoms with van der Waals surface area (Å²) in [7, 11) is 0. The fourth-order valence-corrected chi connectivity index (χ4v) is 2.04. The van der Waals surface area contributed by atoms with Gasteiger partial charge in [-0.3, -0.25) is 0 Å². The van der Waals surface area contributed by atoms with E-state index >= 15 is 0 Å². The molecule has 6 nitrogen and oxygen atoms in total. The van der Waals surface area contributed by atoms with E-state index in [4.69, 9.17) is 4.42 Å². The van der Waals surface area contributed by atoms with E-state index in [9.17, 15) is 9.18 Å². The number of halogens is 1. The van der Waals surface area contributed by atoms with Gasteiger partial charge >= 0.3 is 6.03 Å². The van der Waals surface area contributed by atoms with Gasteiger partial charge < -0.3 is 15.1 Å². The van der Waals surface area contributed by atoms with Crippen LogP contribution in [0, 0.1) is 5.82 Å². The van der Waals surface area contributed by atoms with Crippen LogP contribution < -0.4 is 10.6 Å². The van der Waals surface area contributed by atoms with Crippen molar-refractivity contribution in [1.29, 1.82) is 0 Å². The number of amides is 2. The molecule has 1 heterocycles. The first kappa shape index (κ1) is 15.7. The lowest BCUT2D eigenvalue weighted by atomic mass is 10.2. The van der Waals surface area contributed by atoms with Crippen LogP contribution >= 0.6 is 0 Å². The molecular formula is C17H15FN4O2. The summed E-state index contributed by atoms with van der Waals surface area (Å²) >= 11 is 0. The van der Waals surface area contributed by atoms with Crippen molar-refractivity contribution in [3.05, 3.63) is 66.3 Å². The van der Waals surface area contributed by atoms with Crippen LogP contribution in [0.1, 0.15) is 5.89 Å². The first-order valence-corrected chi connectivity index (χ1v) is 7.39. The number of urea groups is 1. The van der Waals surface area contributed by atoms with Gasteiger partial charge in [0.2, 0.25) is 11.8 Å². The van der Waals surface area contributed by atoms with Crippen molar-refractivity contribution in [2.75, 3.05) is 11.9 Å². The molecule has 1 aromatic heterocycles. The smallest absolute Gasteiger partial charge is 0.319 e. The second-order valence-corrected chi connectivity index (χ2v) is 5.00. The Hall–Kier alpha value is -3.22. The third-order valence-electron chi connectivity index (χ3n) is 3.21. The summed E-state index contributed by atoms with van der Waals surface area (Å²) < 4.78 is 18.4. The van der Waals surface area contributed by atoms with Gasteiger partial charge in [0.15, 0.2) is 0 Å². The van der Waals surface area contributed by atoms with Gasteiger partial charge in [-0.25, -0.2) is 9.18 Å². The second-order valence-electron chi connectivity index (χ2n) is 5.00. The number of para-hydroxylation sites is 1. The minimum absolute atomic E-state index is 0.306. The maximum absolute atomic E-state index is 12.9. The normalized spacial score (nSPS) is 10.4. The minimum Gasteiger partial charge on any atom is -0.421 e. The molecule has 0 bridgehead atoms. The van der Waals surface area contributed by atoms with Crippen LogP contribution in [0.3, 0.4) is 0 Å². The number of hydrogen-bond acceptors (Lipinski definition) is 4. The summed E-state index contributed by atoms with van der Waals surface area (Å²) in [6, 6.07) is 14.6. The molecule has 122 valence electrons. The summed E-state index contributed by atoms with van der Waals surface area (Å²) in [6.45, 7) is 0.351. The average Bonchev–Trinajstić information content (AvgIpc) is 3.05. The molecule has 0 saturated heterocycles. The molecule has 0 fully saturated rings. The van der Waals surface area contributed by atoms with Gasteiger partial charge in [0.1, 0.15) is 5.82 Å². The molecule has 3 aromatic rings. The molecular weight excluding hydrogens is 311 g/mol. The van der Waals surface area contributed by atoms with Crippen LogP contribution in [0.4, 0.5) is 14.9 Å². The lowest BCUT2D eigenvalue weighted by Gasteiger charge is -2.06. The van der Waals surface area contributed by atoms with Crippen LogP contribution in [-0.4, -0.2) is 22.8 Å². The van der Waals surface area contributed by atoms with Gasteiger partial charge in [0.25, 0.3) is 0 Å². The van der Waals surface area contributed by atoms with Gasteiger partial charge in [-0.15, -0.1) is 10.2 Å². The summed E-state index contributed by atoms with van der Waals surface area (Å²) in [5.74, 6) is 0.389. The van der Waals surface area contributed by atoms with Crippen molar-refractivity contribution in [1.82, 2.24) is 15.5 Å². The Morgan fingerprint density at radius 3 is 2.54 bits per heavy atom. The van der Waals surface area contributed by atoms with Crippen molar-refractivity contribution in [3.63, 3.8) is 0 Å². The van der Waals surface area contributed by atoms with E-state index in [0.29, 0.717) is 36.0 Å². The van der Waals surface area contributed by atoms with E-state index in [2.05, 4.69) is 20.8 Å². The molecule has 2 aromatic carbocycles. The van der Waals surface area contributed by atoms with Crippen molar-refractivity contribution in [2.45, 2.75) is 6.42 Å². The Kier molecular flexibility index (Phi) is 4.81. The third-order valence-corrected chi connectivity index (χ3v) is 3.21. The van der Waals surface area contributed by atoms with Gasteiger partial charge in [0.05, 0.1) is 0 Å². The largest absolute Gasteiger partial charge is 0.421 e. The molecule has 0 spiro atoms. The molecule has 0 saturated carbocycles. The zero-order valence-corrected chi connectivity index (χ0v) is 12.7. The third kappa shape index (κ3) is 4.16. The quantitative estimate of drug-likeness (QED) is 0.754. The molecule has 3 rings (SSSR count). The van der Waals surface area contributed by atoms with E-state index in [1.165, 1.54) is 12.1 Å². The molecule has 2 N–H and O–H groups in total. The number of aromatic nitrogens is 2. The second kappa shape index (κ2) is 7.36. The summed E-state index contributed by atoms with van der Waals surface area (Å²) in [5, 5.41) is 13.2. The fraction of sp³-hybridized carbons (Fsp3) is 0.118. The van der Waals surface area contributed by atoms with E-state index in [-0.39, 0.29) is 11.8 Å². The SMILES string of the molecule is O=C(NCCc1nnc(-c2ccc(F)cc2)o1)Nc1ccccc1. The van der Waals surface area contributed by atoms with Crippen LogP contribution in [0.15, 0.2) is 59.0 Å².